The van der Waals surface area contributed by atoms with Gasteiger partial charge in [0.05, 0.1) is 12.5 Å². The number of nitriles is 1. The van der Waals surface area contributed by atoms with Crippen molar-refractivity contribution in [3.8, 4) is 23.2 Å². The van der Waals surface area contributed by atoms with Crippen LogP contribution in [-0.4, -0.2) is 27.1 Å². The van der Waals surface area contributed by atoms with Crippen molar-refractivity contribution in [3.05, 3.63) is 46.4 Å². The smallest absolute Gasteiger partial charge is 0.354 e. The number of hydrogen-bond donors (Lipinski definition) is 2. The molecular formula is C15H13N3O4. The van der Waals surface area contributed by atoms with Crippen LogP contribution in [-0.2, 0) is 0 Å². The summed E-state index contributed by atoms with van der Waals surface area (Å²) in [4.78, 5) is 28.7. The number of rotatable bonds is 5. The molecule has 0 aliphatic carbocycles. The summed E-state index contributed by atoms with van der Waals surface area (Å²) in [5, 5.41) is 17.5. The number of aromatic carboxylic acids is 1. The predicted molar refractivity (Wildman–Crippen MR) is 77.6 cm³/mol. The topological polar surface area (TPSA) is 116 Å². The average Bonchev–Trinajstić information content (AvgIpc) is 2.47. The number of carboxylic acids is 1. The van der Waals surface area contributed by atoms with Crippen molar-refractivity contribution < 1.29 is 14.6 Å². The van der Waals surface area contributed by atoms with E-state index in [9.17, 15) is 9.59 Å². The maximum absolute atomic E-state index is 11.5. The van der Waals surface area contributed by atoms with E-state index in [2.05, 4.69) is 9.97 Å². The Balaban J connectivity index is 2.26. The fraction of sp³-hybridized carbons (Fsp3) is 0.200. The van der Waals surface area contributed by atoms with Gasteiger partial charge in [0.2, 0.25) is 0 Å². The quantitative estimate of drug-likeness (QED) is 0.869. The van der Waals surface area contributed by atoms with E-state index >= 15 is 0 Å². The van der Waals surface area contributed by atoms with Gasteiger partial charge in [-0.1, -0.05) is 0 Å². The van der Waals surface area contributed by atoms with E-state index in [4.69, 9.17) is 15.1 Å². The van der Waals surface area contributed by atoms with Crippen molar-refractivity contribution in [2.24, 2.45) is 0 Å². The maximum atomic E-state index is 11.5. The van der Waals surface area contributed by atoms with Crippen molar-refractivity contribution in [1.82, 2.24) is 9.97 Å². The summed E-state index contributed by atoms with van der Waals surface area (Å²) in [6, 6.07) is 9.57. The standard InChI is InChI=1S/C15H13N3O4/c1-9(6-7-16)22-11-4-2-10(3-5-11)14-17-12(15(20)21)8-13(19)18-14/h2-5,8-9H,6H2,1H3,(H,20,21)(H,17,18,19). The summed E-state index contributed by atoms with van der Waals surface area (Å²) in [5.74, 6) is -0.526. The Bertz CT molecular complexity index is 775. The summed E-state index contributed by atoms with van der Waals surface area (Å²) in [5.41, 5.74) is -0.299. The second-order valence-electron chi connectivity index (χ2n) is 4.60. The summed E-state index contributed by atoms with van der Waals surface area (Å²) in [6.45, 7) is 1.78. The number of ether oxygens (including phenoxy) is 1. The molecule has 112 valence electrons. The van der Waals surface area contributed by atoms with Gasteiger partial charge in [0.15, 0.2) is 5.69 Å². The third kappa shape index (κ3) is 3.70. The van der Waals surface area contributed by atoms with Gasteiger partial charge >= 0.3 is 5.97 Å². The largest absolute Gasteiger partial charge is 0.490 e. The Morgan fingerprint density at radius 2 is 2.14 bits per heavy atom. The summed E-state index contributed by atoms with van der Waals surface area (Å²) in [7, 11) is 0. The lowest BCUT2D eigenvalue weighted by molar-refractivity contribution is 0.0690. The van der Waals surface area contributed by atoms with Crippen LogP contribution < -0.4 is 10.3 Å². The molecule has 2 rings (SSSR count). The van der Waals surface area contributed by atoms with E-state index in [0.29, 0.717) is 11.3 Å². The van der Waals surface area contributed by atoms with Crippen LogP contribution in [0.2, 0.25) is 0 Å². The number of carboxylic acid groups (broad SMARTS) is 1. The number of H-pyrrole nitrogens is 1. The molecule has 0 saturated carbocycles. The molecule has 0 fully saturated rings. The Morgan fingerprint density at radius 1 is 1.45 bits per heavy atom. The van der Waals surface area contributed by atoms with Crippen LogP contribution in [0.1, 0.15) is 23.8 Å². The molecule has 1 aromatic carbocycles. The van der Waals surface area contributed by atoms with E-state index in [1.807, 2.05) is 6.07 Å². The third-order valence-electron chi connectivity index (χ3n) is 2.80. The molecule has 0 aliphatic heterocycles. The molecule has 1 aromatic heterocycles. The van der Waals surface area contributed by atoms with Crippen molar-refractivity contribution in [3.63, 3.8) is 0 Å². The van der Waals surface area contributed by atoms with E-state index in [1.165, 1.54) is 0 Å². The Hall–Kier alpha value is -3.14. The number of aromatic nitrogens is 2. The molecule has 0 spiro atoms. The minimum Gasteiger partial charge on any atom is -0.490 e. The van der Waals surface area contributed by atoms with Gasteiger partial charge in [-0.05, 0) is 31.2 Å². The van der Waals surface area contributed by atoms with Crippen LogP contribution in [0.5, 0.6) is 5.75 Å². The second kappa shape index (κ2) is 6.54. The number of nitrogens with one attached hydrogen (secondary N) is 1. The molecule has 1 unspecified atom stereocenters. The third-order valence-corrected chi connectivity index (χ3v) is 2.80. The lowest BCUT2D eigenvalue weighted by Crippen LogP contribution is -2.13. The molecular weight excluding hydrogens is 286 g/mol. The second-order valence-corrected chi connectivity index (χ2v) is 4.60. The van der Waals surface area contributed by atoms with Gasteiger partial charge in [0.1, 0.15) is 17.7 Å². The molecule has 0 bridgehead atoms. The Morgan fingerprint density at radius 3 is 2.73 bits per heavy atom. The molecule has 7 nitrogen and oxygen atoms in total. The predicted octanol–water partition coefficient (Wildman–Crippen LogP) is 1.82. The zero-order chi connectivity index (χ0) is 16.1. The normalized spacial score (nSPS) is 11.5. The van der Waals surface area contributed by atoms with E-state index in [1.54, 1.807) is 31.2 Å². The van der Waals surface area contributed by atoms with Gasteiger partial charge in [-0.3, -0.25) is 4.79 Å². The average molecular weight is 299 g/mol. The highest BCUT2D eigenvalue weighted by Gasteiger charge is 2.10. The van der Waals surface area contributed by atoms with E-state index in [0.717, 1.165) is 6.07 Å². The molecule has 0 aliphatic rings. The minimum atomic E-state index is -1.27. The van der Waals surface area contributed by atoms with Crippen LogP contribution in [0, 0.1) is 11.3 Å². The van der Waals surface area contributed by atoms with Crippen LogP contribution in [0.25, 0.3) is 11.4 Å². The van der Waals surface area contributed by atoms with Crippen LogP contribution in [0.15, 0.2) is 35.1 Å². The van der Waals surface area contributed by atoms with Crippen molar-refractivity contribution in [2.45, 2.75) is 19.4 Å². The van der Waals surface area contributed by atoms with E-state index < -0.39 is 11.5 Å². The van der Waals surface area contributed by atoms with Gasteiger partial charge in [-0.2, -0.15) is 5.26 Å². The van der Waals surface area contributed by atoms with Gasteiger partial charge < -0.3 is 14.8 Å². The Labute approximate surface area is 125 Å². The minimum absolute atomic E-state index is 0.168. The van der Waals surface area contributed by atoms with Gasteiger partial charge in [-0.15, -0.1) is 0 Å². The van der Waals surface area contributed by atoms with Crippen LogP contribution in [0.3, 0.4) is 0 Å². The number of aromatic amines is 1. The van der Waals surface area contributed by atoms with Gasteiger partial charge in [-0.25, -0.2) is 9.78 Å². The lowest BCUT2D eigenvalue weighted by Gasteiger charge is -2.11. The van der Waals surface area contributed by atoms with Gasteiger partial charge in [0, 0.05) is 11.6 Å². The molecule has 0 radical (unpaired) electrons. The first-order chi connectivity index (χ1) is 10.5. The highest BCUT2D eigenvalue weighted by molar-refractivity contribution is 5.85. The van der Waals surface area contributed by atoms with Crippen LogP contribution >= 0.6 is 0 Å². The molecule has 2 N–H and O–H groups in total. The SMILES string of the molecule is CC(CC#N)Oc1ccc(-c2nc(C(=O)O)cc(=O)[nH]2)cc1. The monoisotopic (exact) mass is 299 g/mol. The molecule has 0 amide bonds. The number of hydrogen-bond acceptors (Lipinski definition) is 5. The fourth-order valence-corrected chi connectivity index (χ4v) is 1.80. The highest BCUT2D eigenvalue weighted by Crippen LogP contribution is 2.20. The zero-order valence-corrected chi connectivity index (χ0v) is 11.7. The van der Waals surface area contributed by atoms with Crippen LogP contribution in [0.4, 0.5) is 0 Å². The molecule has 0 saturated heterocycles. The summed E-state index contributed by atoms with van der Waals surface area (Å²) >= 11 is 0. The fourth-order valence-electron chi connectivity index (χ4n) is 1.80. The van der Waals surface area contributed by atoms with Crippen molar-refractivity contribution in [1.29, 1.82) is 5.26 Å². The first-order valence-electron chi connectivity index (χ1n) is 6.48. The van der Waals surface area contributed by atoms with Crippen molar-refractivity contribution >= 4 is 5.97 Å². The first-order valence-corrected chi connectivity index (χ1v) is 6.48. The van der Waals surface area contributed by atoms with Crippen molar-refractivity contribution in [2.75, 3.05) is 0 Å². The lowest BCUT2D eigenvalue weighted by atomic mass is 10.2. The molecule has 22 heavy (non-hydrogen) atoms. The van der Waals surface area contributed by atoms with E-state index in [-0.39, 0.29) is 24.0 Å². The molecule has 1 heterocycles. The molecule has 7 heteroatoms. The van der Waals surface area contributed by atoms with Gasteiger partial charge in [0.25, 0.3) is 5.56 Å². The number of nitrogens with zero attached hydrogens (tertiary/aromatic N) is 2. The summed E-state index contributed by atoms with van der Waals surface area (Å²) < 4.78 is 5.52. The molecule has 2 aromatic rings. The Kier molecular flexibility index (Phi) is 4.53. The first kappa shape index (κ1) is 15.3. The summed E-state index contributed by atoms with van der Waals surface area (Å²) in [6.07, 6.45) is 0.0428. The molecule has 1 atom stereocenters. The highest BCUT2D eigenvalue weighted by atomic mass is 16.5. The number of benzene rings is 1. The maximum Gasteiger partial charge on any atom is 0.354 e. The number of carbonyl (C=O) groups is 1. The zero-order valence-electron chi connectivity index (χ0n) is 11.7.